The Hall–Kier alpha value is -3.62. The molecule has 0 aliphatic rings. The van der Waals surface area contributed by atoms with E-state index in [0.29, 0.717) is 5.06 Å². The number of carboxylic acids is 2. The Labute approximate surface area is 213 Å². The molecule has 0 radical (unpaired) electrons. The van der Waals surface area contributed by atoms with Crippen LogP contribution in [0.3, 0.4) is 0 Å². The number of hydrogen-bond donors (Lipinski definition) is 7. The number of carboxylic acid groups (broad SMARTS) is 2. The summed E-state index contributed by atoms with van der Waals surface area (Å²) in [6, 6.07) is 2.48. The van der Waals surface area contributed by atoms with E-state index in [0.717, 1.165) is 10.5 Å². The van der Waals surface area contributed by atoms with Crippen LogP contribution in [0.5, 0.6) is 0 Å². The van der Waals surface area contributed by atoms with Gasteiger partial charge in [0.2, 0.25) is 5.91 Å². The number of benzene rings is 1. The first-order chi connectivity index (χ1) is 16.8. The Morgan fingerprint density at radius 1 is 1.19 bits per heavy atom. The first-order valence-corrected chi connectivity index (χ1v) is 11.6. The van der Waals surface area contributed by atoms with Crippen molar-refractivity contribution in [1.29, 1.82) is 0 Å². The predicted molar refractivity (Wildman–Crippen MR) is 134 cm³/mol. The van der Waals surface area contributed by atoms with Gasteiger partial charge in [0.25, 0.3) is 5.91 Å². The van der Waals surface area contributed by atoms with Crippen LogP contribution in [0.25, 0.3) is 0 Å². The van der Waals surface area contributed by atoms with E-state index in [1.54, 1.807) is 18.2 Å². The number of urea groups is 1. The van der Waals surface area contributed by atoms with Crippen molar-refractivity contribution < 1.29 is 39.4 Å². The number of thioether (sulfide) groups is 1. The molecule has 13 nitrogen and oxygen atoms in total. The molecule has 0 saturated heterocycles. The molecule has 8 N–H and O–H groups in total. The average Bonchev–Trinajstić information content (AvgIpc) is 2.83. The van der Waals surface area contributed by atoms with Crippen molar-refractivity contribution in [2.45, 2.75) is 50.6 Å². The molecular weight excluding hydrogens is 494 g/mol. The van der Waals surface area contributed by atoms with Crippen molar-refractivity contribution in [2.24, 2.45) is 5.73 Å². The normalized spacial score (nSPS) is 11.9. The predicted octanol–water partition coefficient (Wildman–Crippen LogP) is 1.04. The van der Waals surface area contributed by atoms with Crippen molar-refractivity contribution >= 4 is 47.2 Å². The maximum Gasteiger partial charge on any atom is 0.322 e. The highest BCUT2D eigenvalue weighted by Crippen LogP contribution is 2.28. The quantitative estimate of drug-likeness (QED) is 0.123. The lowest BCUT2D eigenvalue weighted by Crippen LogP contribution is -2.50. The van der Waals surface area contributed by atoms with Gasteiger partial charge < -0.3 is 31.9 Å². The number of nitrogens with two attached hydrogens (primary N) is 1. The minimum Gasteiger partial charge on any atom is -0.480 e. The number of carbonyl (C=O) groups excluding carboxylic acids is 3. The molecule has 0 heterocycles. The first-order valence-electron chi connectivity index (χ1n) is 10.7. The van der Waals surface area contributed by atoms with Gasteiger partial charge in [-0.05, 0) is 50.3 Å². The Morgan fingerprint density at radius 3 is 2.31 bits per heavy atom. The van der Waals surface area contributed by atoms with Crippen LogP contribution in [0.15, 0.2) is 34.6 Å². The van der Waals surface area contributed by atoms with Crippen molar-refractivity contribution in [2.75, 3.05) is 18.7 Å². The van der Waals surface area contributed by atoms with Crippen molar-refractivity contribution in [3.63, 3.8) is 0 Å². The third-order valence-corrected chi connectivity index (χ3v) is 5.38. The van der Waals surface area contributed by atoms with E-state index < -0.39 is 48.4 Å². The molecule has 0 aliphatic heterocycles. The summed E-state index contributed by atoms with van der Waals surface area (Å²) >= 11 is 1.44. The van der Waals surface area contributed by atoms with Gasteiger partial charge in [-0.2, -0.15) is 5.06 Å². The second-order valence-electron chi connectivity index (χ2n) is 7.30. The highest BCUT2D eigenvalue weighted by Gasteiger charge is 2.24. The monoisotopic (exact) mass is 527 g/mol. The first kappa shape index (κ1) is 32.4. The zero-order chi connectivity index (χ0) is 27.8. The molecule has 0 aromatic heterocycles. The number of hydroxylamine groups is 1. The Bertz CT molecular complexity index is 954. The summed E-state index contributed by atoms with van der Waals surface area (Å²) in [6.07, 6.45) is 1.46. The maximum atomic E-state index is 12.4. The molecule has 1 unspecified atom stereocenters. The topological polar surface area (TPSA) is 211 Å². The molecular formula is C22H33N5O8S. The molecule has 0 aliphatic carbocycles. The Kier molecular flexibility index (Phi) is 15.2. The summed E-state index contributed by atoms with van der Waals surface area (Å²) in [5.74, 6) is -3.64. The van der Waals surface area contributed by atoms with E-state index >= 15 is 0 Å². The number of hydrogen-bond acceptors (Lipinski definition) is 8. The number of aryl methyl sites for hydroxylation is 1. The summed E-state index contributed by atoms with van der Waals surface area (Å²) < 4.78 is 0. The molecule has 0 spiro atoms. The van der Waals surface area contributed by atoms with Gasteiger partial charge in [0.15, 0.2) is 0 Å². The average molecular weight is 528 g/mol. The SMILES string of the molecule is C/C=C\Sc1cc(N(O)C(=O)CCC(NC(=O)NC)C(=O)NCC(=O)O)ccc1C.C[C@H](N)C(=O)O. The molecule has 14 heteroatoms. The third-order valence-electron chi connectivity index (χ3n) is 4.28. The van der Waals surface area contributed by atoms with Gasteiger partial charge in [-0.25, -0.2) is 4.79 Å². The summed E-state index contributed by atoms with van der Waals surface area (Å²) in [6.45, 7) is 4.58. The van der Waals surface area contributed by atoms with Crippen molar-refractivity contribution in [1.82, 2.24) is 16.0 Å². The van der Waals surface area contributed by atoms with Crippen LogP contribution in [-0.2, 0) is 19.2 Å². The molecule has 4 amide bonds. The van der Waals surface area contributed by atoms with Gasteiger partial charge in [0.05, 0.1) is 5.69 Å². The van der Waals surface area contributed by atoms with E-state index in [2.05, 4.69) is 16.0 Å². The molecule has 0 bridgehead atoms. The molecule has 1 rings (SSSR count). The smallest absolute Gasteiger partial charge is 0.322 e. The number of carbonyl (C=O) groups is 5. The molecule has 1 aromatic carbocycles. The molecule has 0 saturated carbocycles. The summed E-state index contributed by atoms with van der Waals surface area (Å²) in [4.78, 5) is 57.1. The number of allylic oxidation sites excluding steroid dienone is 1. The zero-order valence-electron chi connectivity index (χ0n) is 20.5. The fraction of sp³-hybridized carbons (Fsp3) is 0.409. The van der Waals surface area contributed by atoms with E-state index in [-0.39, 0.29) is 18.5 Å². The zero-order valence-corrected chi connectivity index (χ0v) is 21.3. The highest BCUT2D eigenvalue weighted by molar-refractivity contribution is 8.02. The van der Waals surface area contributed by atoms with Crippen LogP contribution in [0.1, 0.15) is 32.3 Å². The number of rotatable bonds is 11. The molecule has 36 heavy (non-hydrogen) atoms. The van der Waals surface area contributed by atoms with Gasteiger partial charge in [-0.1, -0.05) is 23.9 Å². The van der Waals surface area contributed by atoms with Crippen LogP contribution in [0, 0.1) is 6.92 Å². The molecule has 200 valence electrons. The van der Waals surface area contributed by atoms with Crippen molar-refractivity contribution in [3.05, 3.63) is 35.2 Å². The Balaban J connectivity index is 0.00000181. The number of aliphatic carboxylic acids is 2. The van der Waals surface area contributed by atoms with E-state index in [1.807, 2.05) is 25.3 Å². The number of amides is 4. The minimum absolute atomic E-state index is 0.138. The van der Waals surface area contributed by atoms with Gasteiger partial charge in [-0.3, -0.25) is 24.4 Å². The van der Waals surface area contributed by atoms with Crippen LogP contribution >= 0.6 is 11.8 Å². The number of nitrogens with one attached hydrogen (secondary N) is 3. The van der Waals surface area contributed by atoms with Crippen LogP contribution in [0.4, 0.5) is 10.5 Å². The fourth-order valence-electron chi connectivity index (χ4n) is 2.29. The highest BCUT2D eigenvalue weighted by atomic mass is 32.2. The van der Waals surface area contributed by atoms with Gasteiger partial charge in [0.1, 0.15) is 18.6 Å². The lowest BCUT2D eigenvalue weighted by molar-refractivity contribution is -0.138. The van der Waals surface area contributed by atoms with Gasteiger partial charge in [0, 0.05) is 18.4 Å². The summed E-state index contributed by atoms with van der Waals surface area (Å²) in [7, 11) is 1.35. The summed E-state index contributed by atoms with van der Waals surface area (Å²) in [5, 5.41) is 35.9. The van der Waals surface area contributed by atoms with Gasteiger partial charge in [-0.15, -0.1) is 0 Å². The minimum atomic E-state index is -1.24. The number of anilines is 1. The standard InChI is InChI=1S/C19H26N4O6S.C3H7NO2/c1-4-9-30-15-10-13(6-5-12(15)2)23(29)16(24)8-7-14(22-19(28)20-3)18(27)21-11-17(25)26;1-2(4)3(5)6/h4-6,9-10,14,29H,7-8,11H2,1-3H3,(H,21,27)(H,25,26)(H2,20,22,28);2H,4H2,1H3,(H,5,6)/b9-4-;/t;2-/m.0/s1. The third kappa shape index (κ3) is 12.7. The Morgan fingerprint density at radius 2 is 1.81 bits per heavy atom. The second-order valence-corrected chi connectivity index (χ2v) is 8.24. The second kappa shape index (κ2) is 16.9. The fourth-order valence-corrected chi connectivity index (χ4v) is 3.02. The van der Waals surface area contributed by atoms with E-state index in [1.165, 1.54) is 25.7 Å². The van der Waals surface area contributed by atoms with Crippen molar-refractivity contribution in [3.8, 4) is 0 Å². The van der Waals surface area contributed by atoms with E-state index in [9.17, 15) is 29.2 Å². The maximum absolute atomic E-state index is 12.4. The lowest BCUT2D eigenvalue weighted by Gasteiger charge is -2.20. The molecule has 2 atom stereocenters. The lowest BCUT2D eigenvalue weighted by atomic mass is 10.1. The van der Waals surface area contributed by atoms with Gasteiger partial charge >= 0.3 is 18.0 Å². The molecule has 1 aromatic rings. The van der Waals surface area contributed by atoms with Crippen LogP contribution in [-0.4, -0.2) is 70.9 Å². The molecule has 0 fully saturated rings. The van der Waals surface area contributed by atoms with Crippen LogP contribution < -0.4 is 26.7 Å². The summed E-state index contributed by atoms with van der Waals surface area (Å²) in [5.41, 5.74) is 6.08. The largest absolute Gasteiger partial charge is 0.480 e. The van der Waals surface area contributed by atoms with Crippen LogP contribution in [0.2, 0.25) is 0 Å². The number of nitrogens with zero attached hydrogens (tertiary/aromatic N) is 1. The van der Waals surface area contributed by atoms with E-state index in [4.69, 9.17) is 15.9 Å².